The molecule has 0 spiro atoms. The third kappa shape index (κ3) is 3.24. The van der Waals surface area contributed by atoms with E-state index in [1.165, 1.54) is 6.92 Å². The molecule has 0 aromatic heterocycles. The van der Waals surface area contributed by atoms with Crippen molar-refractivity contribution in [3.05, 3.63) is 59.7 Å². The van der Waals surface area contributed by atoms with Crippen LogP contribution in [0.2, 0.25) is 0 Å². The summed E-state index contributed by atoms with van der Waals surface area (Å²) in [5.74, 6) is 1.00. The van der Waals surface area contributed by atoms with E-state index in [4.69, 9.17) is 9.47 Å². The lowest BCUT2D eigenvalue weighted by molar-refractivity contribution is 0.0937. The predicted molar refractivity (Wildman–Crippen MR) is 83.1 cm³/mol. The zero-order valence-electron chi connectivity index (χ0n) is 12.8. The van der Waals surface area contributed by atoms with Crippen LogP contribution in [0.4, 0.5) is 0 Å². The number of carbonyl (C=O) groups is 1. The lowest BCUT2D eigenvalue weighted by atomic mass is 9.97. The summed E-state index contributed by atoms with van der Waals surface area (Å²) in [6.07, 6.45) is 0. The van der Waals surface area contributed by atoms with E-state index < -0.39 is 5.60 Å². The zero-order valence-corrected chi connectivity index (χ0v) is 12.8. The van der Waals surface area contributed by atoms with Gasteiger partial charge in [-0.3, -0.25) is 4.79 Å². The molecule has 0 amide bonds. The van der Waals surface area contributed by atoms with Crippen LogP contribution in [-0.2, 0) is 5.60 Å². The van der Waals surface area contributed by atoms with E-state index in [1.807, 2.05) is 44.2 Å². The Balaban J connectivity index is 2.45. The van der Waals surface area contributed by atoms with Gasteiger partial charge < -0.3 is 9.47 Å². The molecular formula is C18H20O3. The Labute approximate surface area is 125 Å². The van der Waals surface area contributed by atoms with Gasteiger partial charge in [0.2, 0.25) is 0 Å². The van der Waals surface area contributed by atoms with Gasteiger partial charge in [0.05, 0.1) is 12.7 Å². The maximum atomic E-state index is 11.8. The van der Waals surface area contributed by atoms with Crippen molar-refractivity contribution in [3.63, 3.8) is 0 Å². The topological polar surface area (TPSA) is 35.5 Å². The van der Waals surface area contributed by atoms with E-state index in [0.717, 1.165) is 5.56 Å². The Kier molecular flexibility index (Phi) is 4.32. The highest BCUT2D eigenvalue weighted by molar-refractivity contribution is 5.97. The number of para-hydroxylation sites is 1. The van der Waals surface area contributed by atoms with Gasteiger partial charge in [-0.2, -0.15) is 0 Å². The zero-order chi connectivity index (χ0) is 15.5. The van der Waals surface area contributed by atoms with Crippen molar-refractivity contribution in [3.8, 4) is 11.5 Å². The molecule has 0 aliphatic rings. The summed E-state index contributed by atoms with van der Waals surface area (Å²) in [5, 5.41) is 0. The average Bonchev–Trinajstić information content (AvgIpc) is 2.47. The van der Waals surface area contributed by atoms with Crippen molar-refractivity contribution in [2.75, 3.05) is 7.11 Å². The van der Waals surface area contributed by atoms with E-state index >= 15 is 0 Å². The van der Waals surface area contributed by atoms with E-state index in [-0.39, 0.29) is 5.78 Å². The molecule has 0 bridgehead atoms. The van der Waals surface area contributed by atoms with Gasteiger partial charge >= 0.3 is 0 Å². The van der Waals surface area contributed by atoms with Crippen LogP contribution in [-0.4, -0.2) is 12.9 Å². The lowest BCUT2D eigenvalue weighted by Gasteiger charge is -2.29. The Hall–Kier alpha value is -2.29. The van der Waals surface area contributed by atoms with Crippen molar-refractivity contribution in [1.29, 1.82) is 0 Å². The first-order valence-electron chi connectivity index (χ1n) is 6.88. The second-order valence-electron chi connectivity index (χ2n) is 5.37. The number of Topliss-reactive ketones (excluding diaryl/α,β-unsaturated/α-hetero) is 1. The number of hydrogen-bond acceptors (Lipinski definition) is 3. The van der Waals surface area contributed by atoms with Crippen LogP contribution in [0.25, 0.3) is 0 Å². The van der Waals surface area contributed by atoms with Crippen LogP contribution >= 0.6 is 0 Å². The van der Waals surface area contributed by atoms with E-state index in [1.54, 1.807) is 25.3 Å². The predicted octanol–water partition coefficient (Wildman–Crippen LogP) is 4.21. The fourth-order valence-electron chi connectivity index (χ4n) is 2.21. The maximum absolute atomic E-state index is 11.8. The summed E-state index contributed by atoms with van der Waals surface area (Å²) in [5.41, 5.74) is 0.990. The van der Waals surface area contributed by atoms with E-state index in [0.29, 0.717) is 17.1 Å². The highest BCUT2D eigenvalue weighted by Gasteiger charge is 2.26. The minimum Gasteiger partial charge on any atom is -0.493 e. The molecule has 0 heterocycles. The molecule has 0 fully saturated rings. The van der Waals surface area contributed by atoms with Gasteiger partial charge in [0, 0.05) is 0 Å². The molecule has 3 heteroatoms. The summed E-state index contributed by atoms with van der Waals surface area (Å²) < 4.78 is 11.5. The molecule has 0 aliphatic carbocycles. The molecule has 0 atom stereocenters. The molecular weight excluding hydrogens is 264 g/mol. The molecule has 0 saturated carbocycles. The maximum Gasteiger partial charge on any atom is 0.173 e. The van der Waals surface area contributed by atoms with Gasteiger partial charge in [0.25, 0.3) is 0 Å². The first kappa shape index (κ1) is 15.1. The number of methoxy groups -OCH3 is 1. The highest BCUT2D eigenvalue weighted by atomic mass is 16.5. The van der Waals surface area contributed by atoms with Crippen LogP contribution < -0.4 is 9.47 Å². The van der Waals surface area contributed by atoms with Gasteiger partial charge in [-0.1, -0.05) is 36.4 Å². The molecule has 3 nitrogen and oxygen atoms in total. The first-order chi connectivity index (χ1) is 9.95. The van der Waals surface area contributed by atoms with Gasteiger partial charge in [-0.15, -0.1) is 0 Å². The van der Waals surface area contributed by atoms with Crippen LogP contribution in [0.3, 0.4) is 0 Å². The summed E-state index contributed by atoms with van der Waals surface area (Å²) in [6, 6.07) is 15.2. The number of hydrogen-bond donors (Lipinski definition) is 0. The molecule has 0 saturated heterocycles. The molecule has 21 heavy (non-hydrogen) atoms. The van der Waals surface area contributed by atoms with Gasteiger partial charge in [0.1, 0.15) is 5.60 Å². The fraction of sp³-hybridized carbons (Fsp3) is 0.278. The van der Waals surface area contributed by atoms with Crippen LogP contribution in [0.5, 0.6) is 11.5 Å². The average molecular weight is 284 g/mol. The summed E-state index contributed by atoms with van der Waals surface area (Å²) in [6.45, 7) is 5.47. The standard InChI is InChI=1S/C18H20O3/c1-13(19)15-11-8-12-16(20-4)17(15)21-18(2,3)14-9-6-5-7-10-14/h5-12H,1-4H3. The van der Waals surface area contributed by atoms with Crippen LogP contribution in [0, 0.1) is 0 Å². The summed E-state index contributed by atoms with van der Waals surface area (Å²) in [4.78, 5) is 11.8. The Morgan fingerprint density at radius 3 is 2.24 bits per heavy atom. The molecule has 0 radical (unpaired) electrons. The largest absolute Gasteiger partial charge is 0.493 e. The summed E-state index contributed by atoms with van der Waals surface area (Å²) >= 11 is 0. The second kappa shape index (κ2) is 6.00. The highest BCUT2D eigenvalue weighted by Crippen LogP contribution is 2.37. The summed E-state index contributed by atoms with van der Waals surface area (Å²) in [7, 11) is 1.57. The molecule has 110 valence electrons. The van der Waals surface area contributed by atoms with Crippen molar-refractivity contribution in [1.82, 2.24) is 0 Å². The second-order valence-corrected chi connectivity index (χ2v) is 5.37. The number of ketones is 1. The monoisotopic (exact) mass is 284 g/mol. The molecule has 0 N–H and O–H groups in total. The van der Waals surface area contributed by atoms with Crippen molar-refractivity contribution >= 4 is 5.78 Å². The van der Waals surface area contributed by atoms with Gasteiger partial charge in [0.15, 0.2) is 17.3 Å². The quantitative estimate of drug-likeness (QED) is 0.771. The van der Waals surface area contributed by atoms with Crippen molar-refractivity contribution in [2.24, 2.45) is 0 Å². The van der Waals surface area contributed by atoms with E-state index in [2.05, 4.69) is 0 Å². The minimum absolute atomic E-state index is 0.0484. The molecule has 2 rings (SSSR count). The number of benzene rings is 2. The lowest BCUT2D eigenvalue weighted by Crippen LogP contribution is -2.26. The molecule has 2 aromatic rings. The molecule has 0 unspecified atom stereocenters. The Morgan fingerprint density at radius 1 is 1.00 bits per heavy atom. The van der Waals surface area contributed by atoms with E-state index in [9.17, 15) is 4.79 Å². The smallest absolute Gasteiger partial charge is 0.173 e. The Bertz CT molecular complexity index is 630. The minimum atomic E-state index is -0.569. The SMILES string of the molecule is COc1cccc(C(C)=O)c1OC(C)(C)c1ccccc1. The van der Waals surface area contributed by atoms with Crippen molar-refractivity contribution < 1.29 is 14.3 Å². The molecule has 2 aromatic carbocycles. The molecule has 0 aliphatic heterocycles. The first-order valence-corrected chi connectivity index (χ1v) is 6.88. The third-order valence-electron chi connectivity index (χ3n) is 3.40. The van der Waals surface area contributed by atoms with Crippen molar-refractivity contribution in [2.45, 2.75) is 26.4 Å². The normalized spacial score (nSPS) is 11.0. The number of ether oxygens (including phenoxy) is 2. The van der Waals surface area contributed by atoms with Gasteiger partial charge in [-0.05, 0) is 38.5 Å². The van der Waals surface area contributed by atoms with Gasteiger partial charge in [-0.25, -0.2) is 0 Å². The number of rotatable bonds is 5. The van der Waals surface area contributed by atoms with Crippen LogP contribution in [0.1, 0.15) is 36.7 Å². The fourth-order valence-corrected chi connectivity index (χ4v) is 2.21. The Morgan fingerprint density at radius 2 is 1.67 bits per heavy atom. The number of carbonyl (C=O) groups excluding carboxylic acids is 1. The van der Waals surface area contributed by atoms with Crippen LogP contribution in [0.15, 0.2) is 48.5 Å². The third-order valence-corrected chi connectivity index (χ3v) is 3.40.